The van der Waals surface area contributed by atoms with Crippen LogP contribution in [0.15, 0.2) is 60.7 Å². The number of hydrogen-bond acceptors (Lipinski definition) is 3. The average molecular weight is 385 g/mol. The molecule has 142 valence electrons. The van der Waals surface area contributed by atoms with Crippen LogP contribution >= 0.6 is 12.2 Å². The highest BCUT2D eigenvalue weighted by molar-refractivity contribution is 7.80. The minimum absolute atomic E-state index is 0.0923. The van der Waals surface area contributed by atoms with Crippen molar-refractivity contribution in [1.29, 1.82) is 0 Å². The molecule has 1 unspecified atom stereocenters. The van der Waals surface area contributed by atoms with Crippen LogP contribution in [0.5, 0.6) is 0 Å². The van der Waals surface area contributed by atoms with E-state index in [1.807, 2.05) is 50.2 Å². The Balaban J connectivity index is 1.83. The molecule has 0 aliphatic carbocycles. The average Bonchev–Trinajstić information content (AvgIpc) is 2.69. The molecule has 0 fully saturated rings. The van der Waals surface area contributed by atoms with E-state index in [0.29, 0.717) is 17.2 Å². The van der Waals surface area contributed by atoms with Gasteiger partial charge in [0, 0.05) is 12.1 Å². The lowest BCUT2D eigenvalue weighted by atomic mass is 10.0. The number of benzene rings is 2. The van der Waals surface area contributed by atoms with Gasteiger partial charge < -0.3 is 10.6 Å². The first-order chi connectivity index (χ1) is 13.0. The van der Waals surface area contributed by atoms with E-state index < -0.39 is 6.04 Å². The molecule has 0 aromatic heterocycles. The van der Waals surface area contributed by atoms with Gasteiger partial charge in [-0.3, -0.25) is 20.4 Å². The Bertz CT molecular complexity index is 766. The maximum atomic E-state index is 12.5. The molecule has 7 heteroatoms. The van der Waals surface area contributed by atoms with E-state index in [0.717, 1.165) is 5.56 Å². The van der Waals surface area contributed by atoms with Gasteiger partial charge in [-0.15, -0.1) is 0 Å². The second kappa shape index (κ2) is 10.3. The molecule has 2 rings (SSSR count). The van der Waals surface area contributed by atoms with E-state index in [-0.39, 0.29) is 17.7 Å². The van der Waals surface area contributed by atoms with Crippen molar-refractivity contribution >= 4 is 29.1 Å². The number of amides is 2. The summed E-state index contributed by atoms with van der Waals surface area (Å²) in [5, 5.41) is 6.06. The zero-order valence-corrected chi connectivity index (χ0v) is 16.2. The lowest BCUT2D eigenvalue weighted by molar-refractivity contribution is -0.124. The van der Waals surface area contributed by atoms with E-state index in [2.05, 4.69) is 21.5 Å². The van der Waals surface area contributed by atoms with Crippen molar-refractivity contribution in [3.05, 3.63) is 71.8 Å². The molecule has 2 aromatic carbocycles. The van der Waals surface area contributed by atoms with Gasteiger partial charge in [-0.1, -0.05) is 62.4 Å². The van der Waals surface area contributed by atoms with Crippen molar-refractivity contribution in [1.82, 2.24) is 21.5 Å². The molecule has 27 heavy (non-hydrogen) atoms. The van der Waals surface area contributed by atoms with Crippen molar-refractivity contribution in [2.45, 2.75) is 26.4 Å². The Labute approximate surface area is 164 Å². The van der Waals surface area contributed by atoms with Gasteiger partial charge in [-0.05, 0) is 35.8 Å². The maximum absolute atomic E-state index is 12.5. The second-order valence-corrected chi connectivity index (χ2v) is 6.75. The Morgan fingerprint density at radius 3 is 2.11 bits per heavy atom. The molecule has 0 spiro atoms. The van der Waals surface area contributed by atoms with Crippen molar-refractivity contribution in [3.63, 3.8) is 0 Å². The monoisotopic (exact) mass is 384 g/mol. The van der Waals surface area contributed by atoms with Crippen LogP contribution in [-0.4, -0.2) is 23.0 Å². The number of carbonyl (C=O) groups excluding carboxylic acids is 2. The molecule has 2 aromatic rings. The normalized spacial score (nSPS) is 11.4. The summed E-state index contributed by atoms with van der Waals surface area (Å²) in [7, 11) is 0. The highest BCUT2D eigenvalue weighted by atomic mass is 32.1. The summed E-state index contributed by atoms with van der Waals surface area (Å²) in [5.41, 5.74) is 6.80. The molecule has 0 heterocycles. The third-order valence-corrected chi connectivity index (χ3v) is 4.11. The first kappa shape index (κ1) is 20.4. The number of nitrogens with one attached hydrogen (secondary N) is 4. The van der Waals surface area contributed by atoms with Crippen LogP contribution in [0.4, 0.5) is 0 Å². The molecule has 0 bridgehead atoms. The molecule has 0 aliphatic rings. The molecule has 6 nitrogen and oxygen atoms in total. The maximum Gasteiger partial charge on any atom is 0.261 e. The second-order valence-electron chi connectivity index (χ2n) is 6.34. The smallest absolute Gasteiger partial charge is 0.261 e. The molecular formula is C20H24N4O2S. The molecule has 0 saturated heterocycles. The summed E-state index contributed by atoms with van der Waals surface area (Å²) in [6.45, 7) is 4.27. The van der Waals surface area contributed by atoms with Crippen molar-refractivity contribution in [2.75, 3.05) is 0 Å². The number of thiocarbonyl (C=S) groups is 1. The Morgan fingerprint density at radius 2 is 1.52 bits per heavy atom. The van der Waals surface area contributed by atoms with Crippen LogP contribution in [0.2, 0.25) is 0 Å². The molecular weight excluding hydrogens is 360 g/mol. The third kappa shape index (κ3) is 6.71. The summed E-state index contributed by atoms with van der Waals surface area (Å²) >= 11 is 5.16. The number of hydrazine groups is 1. The molecule has 0 aliphatic heterocycles. The van der Waals surface area contributed by atoms with Gasteiger partial charge >= 0.3 is 0 Å². The van der Waals surface area contributed by atoms with Gasteiger partial charge in [-0.2, -0.15) is 0 Å². The lowest BCUT2D eigenvalue weighted by Gasteiger charge is -2.22. The van der Waals surface area contributed by atoms with Crippen LogP contribution in [0.1, 0.15) is 29.8 Å². The van der Waals surface area contributed by atoms with Gasteiger partial charge in [0.1, 0.15) is 6.04 Å². The number of hydrogen-bond donors (Lipinski definition) is 4. The zero-order valence-electron chi connectivity index (χ0n) is 15.4. The van der Waals surface area contributed by atoms with E-state index >= 15 is 0 Å². The summed E-state index contributed by atoms with van der Waals surface area (Å²) in [6, 6.07) is 17.9. The number of rotatable bonds is 6. The molecule has 0 saturated carbocycles. The molecule has 0 radical (unpaired) electrons. The highest BCUT2D eigenvalue weighted by Crippen LogP contribution is 2.05. The highest BCUT2D eigenvalue weighted by Gasteiger charge is 2.24. The Morgan fingerprint density at radius 1 is 0.926 bits per heavy atom. The quantitative estimate of drug-likeness (QED) is 0.453. The molecule has 2 amide bonds. The van der Waals surface area contributed by atoms with Gasteiger partial charge in [-0.25, -0.2) is 0 Å². The standard InChI is InChI=1S/C20H24N4O2S/c1-14(2)17(22-18(25)16-11-7-4-8-12-16)19(26)23-24-20(27)21-13-15-9-5-3-6-10-15/h3-12,14,17H,13H2,1-2H3,(H,22,25)(H,23,26)(H2,21,24,27). The summed E-state index contributed by atoms with van der Waals surface area (Å²) in [6.07, 6.45) is 0. The minimum atomic E-state index is -0.692. The Hall–Kier alpha value is -2.93. The summed E-state index contributed by atoms with van der Waals surface area (Å²) < 4.78 is 0. The fraction of sp³-hybridized carbons (Fsp3) is 0.250. The topological polar surface area (TPSA) is 82.3 Å². The molecule has 1 atom stereocenters. The van der Waals surface area contributed by atoms with Crippen LogP contribution in [0.25, 0.3) is 0 Å². The summed E-state index contributed by atoms with van der Waals surface area (Å²) in [4.78, 5) is 24.8. The third-order valence-electron chi connectivity index (χ3n) is 3.87. The largest absolute Gasteiger partial charge is 0.357 e. The predicted octanol–water partition coefficient (Wildman–Crippen LogP) is 2.14. The van der Waals surface area contributed by atoms with Crippen LogP contribution in [0, 0.1) is 5.92 Å². The van der Waals surface area contributed by atoms with Gasteiger partial charge in [0.25, 0.3) is 11.8 Å². The van der Waals surface area contributed by atoms with E-state index in [1.165, 1.54) is 0 Å². The van der Waals surface area contributed by atoms with Gasteiger partial charge in [0.15, 0.2) is 5.11 Å². The Kier molecular flexibility index (Phi) is 7.76. The van der Waals surface area contributed by atoms with Crippen LogP contribution < -0.4 is 21.5 Å². The summed E-state index contributed by atoms with van der Waals surface area (Å²) in [5.74, 6) is -0.752. The van der Waals surface area contributed by atoms with Crippen LogP contribution in [0.3, 0.4) is 0 Å². The zero-order chi connectivity index (χ0) is 19.6. The first-order valence-electron chi connectivity index (χ1n) is 8.71. The minimum Gasteiger partial charge on any atom is -0.357 e. The number of carbonyl (C=O) groups is 2. The van der Waals surface area contributed by atoms with E-state index in [9.17, 15) is 9.59 Å². The lowest BCUT2D eigenvalue weighted by Crippen LogP contribution is -2.55. The van der Waals surface area contributed by atoms with E-state index in [4.69, 9.17) is 12.2 Å². The van der Waals surface area contributed by atoms with Crippen molar-refractivity contribution in [3.8, 4) is 0 Å². The fourth-order valence-electron chi connectivity index (χ4n) is 2.37. The van der Waals surface area contributed by atoms with Gasteiger partial charge in [0.2, 0.25) is 0 Å². The van der Waals surface area contributed by atoms with E-state index in [1.54, 1.807) is 24.3 Å². The van der Waals surface area contributed by atoms with Gasteiger partial charge in [0.05, 0.1) is 0 Å². The SMILES string of the molecule is CC(C)C(NC(=O)c1ccccc1)C(=O)NNC(=S)NCc1ccccc1. The van der Waals surface area contributed by atoms with Crippen molar-refractivity contribution < 1.29 is 9.59 Å². The first-order valence-corrected chi connectivity index (χ1v) is 9.11. The van der Waals surface area contributed by atoms with Crippen LogP contribution in [-0.2, 0) is 11.3 Å². The van der Waals surface area contributed by atoms with Crippen molar-refractivity contribution in [2.24, 2.45) is 5.92 Å². The predicted molar refractivity (Wildman–Crippen MR) is 110 cm³/mol. The fourth-order valence-corrected chi connectivity index (χ4v) is 2.49. The molecule has 4 N–H and O–H groups in total.